The molecule has 100 valence electrons. The summed E-state index contributed by atoms with van der Waals surface area (Å²) in [5, 5.41) is 11.9. The molecule has 0 radical (unpaired) electrons. The average molecular weight is 294 g/mol. The Bertz CT molecular complexity index is 624. The fraction of sp³-hybridized carbons (Fsp3) is 0.417. The number of hydrogen-bond acceptors (Lipinski definition) is 4. The number of H-pyrrole nitrogens is 1. The van der Waals surface area contributed by atoms with E-state index in [1.165, 1.54) is 12.8 Å². The van der Waals surface area contributed by atoms with Gasteiger partial charge in [0.05, 0.1) is 4.88 Å². The van der Waals surface area contributed by atoms with Crippen LogP contribution < -0.4 is 5.32 Å². The minimum Gasteiger partial charge on any atom is -0.354 e. The van der Waals surface area contributed by atoms with E-state index in [0.717, 1.165) is 17.2 Å². The zero-order valence-electron chi connectivity index (χ0n) is 10.3. The summed E-state index contributed by atoms with van der Waals surface area (Å²) >= 11 is 6.76. The number of thiophene rings is 1. The van der Waals surface area contributed by atoms with Crippen LogP contribution in [0.15, 0.2) is 17.5 Å². The summed E-state index contributed by atoms with van der Waals surface area (Å²) < 4.78 is 2.22. The Hall–Kier alpha value is -1.47. The van der Waals surface area contributed by atoms with E-state index in [1.54, 1.807) is 15.9 Å². The zero-order chi connectivity index (χ0) is 13.2. The maximum atomic E-state index is 11.9. The number of rotatable bonds is 5. The van der Waals surface area contributed by atoms with Crippen molar-refractivity contribution in [1.82, 2.24) is 20.1 Å². The first-order valence-corrected chi connectivity index (χ1v) is 7.48. The predicted molar refractivity (Wildman–Crippen MR) is 76.5 cm³/mol. The van der Waals surface area contributed by atoms with Crippen LogP contribution in [0, 0.1) is 10.7 Å². The molecule has 0 saturated heterocycles. The molecule has 0 bridgehead atoms. The number of aromatic amines is 1. The molecule has 2 heterocycles. The quantitative estimate of drug-likeness (QED) is 0.831. The second-order valence-corrected chi connectivity index (χ2v) is 6.00. The zero-order valence-corrected chi connectivity index (χ0v) is 11.9. The van der Waals surface area contributed by atoms with E-state index in [-0.39, 0.29) is 12.5 Å². The van der Waals surface area contributed by atoms with Crippen LogP contribution in [-0.4, -0.2) is 27.2 Å². The predicted octanol–water partition coefficient (Wildman–Crippen LogP) is 2.20. The maximum absolute atomic E-state index is 11.9. The Morgan fingerprint density at radius 3 is 3.16 bits per heavy atom. The second-order valence-electron chi connectivity index (χ2n) is 4.66. The lowest BCUT2D eigenvalue weighted by molar-refractivity contribution is -0.121. The van der Waals surface area contributed by atoms with Crippen molar-refractivity contribution in [3.05, 3.63) is 22.3 Å². The van der Waals surface area contributed by atoms with Gasteiger partial charge in [0.2, 0.25) is 5.91 Å². The van der Waals surface area contributed by atoms with Crippen LogP contribution in [0.1, 0.15) is 12.8 Å². The molecule has 1 aliphatic rings. The van der Waals surface area contributed by atoms with Crippen LogP contribution in [0.25, 0.3) is 10.7 Å². The third kappa shape index (κ3) is 2.93. The highest BCUT2D eigenvalue weighted by Gasteiger charge is 2.22. The van der Waals surface area contributed by atoms with Gasteiger partial charge in [-0.15, -0.1) is 11.3 Å². The Balaban J connectivity index is 1.74. The molecule has 5 nitrogen and oxygen atoms in total. The molecular weight excluding hydrogens is 280 g/mol. The minimum absolute atomic E-state index is 0.0118. The van der Waals surface area contributed by atoms with Crippen LogP contribution in [0.5, 0.6) is 0 Å². The largest absolute Gasteiger partial charge is 0.354 e. The van der Waals surface area contributed by atoms with E-state index in [2.05, 4.69) is 15.5 Å². The van der Waals surface area contributed by atoms with Gasteiger partial charge in [-0.2, -0.15) is 5.10 Å². The lowest BCUT2D eigenvalue weighted by Crippen LogP contribution is -2.29. The van der Waals surface area contributed by atoms with Gasteiger partial charge in [0.25, 0.3) is 0 Å². The number of hydrogen-bond donors (Lipinski definition) is 2. The normalized spacial score (nSPS) is 14.5. The highest BCUT2D eigenvalue weighted by atomic mass is 32.1. The first-order valence-electron chi connectivity index (χ1n) is 6.20. The molecule has 7 heteroatoms. The molecular formula is C12H14N4OS2. The lowest BCUT2D eigenvalue weighted by atomic mass is 10.4. The van der Waals surface area contributed by atoms with E-state index in [4.69, 9.17) is 12.2 Å². The molecule has 1 amide bonds. The number of nitrogens with one attached hydrogen (secondary N) is 2. The van der Waals surface area contributed by atoms with Crippen LogP contribution in [0.3, 0.4) is 0 Å². The highest BCUT2D eigenvalue weighted by Crippen LogP contribution is 2.27. The van der Waals surface area contributed by atoms with Crippen molar-refractivity contribution in [2.24, 2.45) is 5.92 Å². The highest BCUT2D eigenvalue weighted by molar-refractivity contribution is 7.71. The summed E-state index contributed by atoms with van der Waals surface area (Å²) in [6.45, 7) is 0.994. The van der Waals surface area contributed by atoms with E-state index < -0.39 is 0 Å². The van der Waals surface area contributed by atoms with Crippen LogP contribution >= 0.6 is 23.6 Å². The molecule has 2 aromatic rings. The number of amides is 1. The van der Waals surface area contributed by atoms with Crippen LogP contribution in [0.2, 0.25) is 0 Å². The molecule has 1 saturated carbocycles. The number of nitrogens with zero attached hydrogens (tertiary/aromatic N) is 2. The van der Waals surface area contributed by atoms with Crippen LogP contribution in [-0.2, 0) is 11.3 Å². The summed E-state index contributed by atoms with van der Waals surface area (Å²) in [4.78, 5) is 12.9. The van der Waals surface area contributed by atoms with Gasteiger partial charge in [0, 0.05) is 6.54 Å². The number of carbonyl (C=O) groups is 1. The van der Waals surface area contributed by atoms with Gasteiger partial charge in [0.1, 0.15) is 6.54 Å². The summed E-state index contributed by atoms with van der Waals surface area (Å²) in [7, 11) is 0. The standard InChI is InChI=1S/C12H14N4OS2/c17-10(13-6-8-3-4-8)7-16-11(14-15-12(16)18)9-2-1-5-19-9/h1-2,5,8H,3-4,6-7H2,(H,13,17)(H,15,18). The molecule has 2 N–H and O–H groups in total. The summed E-state index contributed by atoms with van der Waals surface area (Å²) in [6, 6.07) is 3.92. The topological polar surface area (TPSA) is 62.7 Å². The molecule has 0 spiro atoms. The molecule has 0 aliphatic heterocycles. The first-order chi connectivity index (χ1) is 9.24. The molecule has 0 aromatic carbocycles. The van der Waals surface area contributed by atoms with Crippen molar-refractivity contribution in [2.45, 2.75) is 19.4 Å². The third-order valence-corrected chi connectivity index (χ3v) is 4.26. The number of carbonyl (C=O) groups excluding carboxylic acids is 1. The fourth-order valence-corrected chi connectivity index (χ4v) is 2.76. The van der Waals surface area contributed by atoms with Crippen LogP contribution in [0.4, 0.5) is 0 Å². The fourth-order valence-electron chi connectivity index (χ4n) is 1.84. The van der Waals surface area contributed by atoms with Gasteiger partial charge in [0.15, 0.2) is 10.6 Å². The Labute approximate surface area is 119 Å². The number of aromatic nitrogens is 3. The van der Waals surface area contributed by atoms with Gasteiger partial charge in [-0.1, -0.05) is 6.07 Å². The third-order valence-electron chi connectivity index (χ3n) is 3.09. The molecule has 2 aromatic heterocycles. The van der Waals surface area contributed by atoms with Crippen molar-refractivity contribution in [3.63, 3.8) is 0 Å². The SMILES string of the molecule is O=C(Cn1c(-c2cccs2)n[nH]c1=S)NCC1CC1. The van der Waals surface area contributed by atoms with E-state index in [0.29, 0.717) is 10.7 Å². The van der Waals surface area contributed by atoms with E-state index >= 15 is 0 Å². The Kier molecular flexibility index (Phi) is 3.48. The monoisotopic (exact) mass is 294 g/mol. The van der Waals surface area contributed by atoms with Gasteiger partial charge in [-0.3, -0.25) is 14.5 Å². The molecule has 19 heavy (non-hydrogen) atoms. The molecule has 1 aliphatic carbocycles. The molecule has 0 unspecified atom stereocenters. The van der Waals surface area contributed by atoms with Crippen molar-refractivity contribution < 1.29 is 4.79 Å². The average Bonchev–Trinajstić information content (AvgIpc) is 2.94. The molecule has 1 fully saturated rings. The Morgan fingerprint density at radius 2 is 2.47 bits per heavy atom. The first kappa shape index (κ1) is 12.6. The van der Waals surface area contributed by atoms with E-state index in [1.807, 2.05) is 17.5 Å². The van der Waals surface area contributed by atoms with Crippen molar-refractivity contribution in [3.8, 4) is 10.7 Å². The van der Waals surface area contributed by atoms with E-state index in [9.17, 15) is 4.79 Å². The van der Waals surface area contributed by atoms with Gasteiger partial charge >= 0.3 is 0 Å². The maximum Gasteiger partial charge on any atom is 0.240 e. The van der Waals surface area contributed by atoms with Crippen molar-refractivity contribution in [2.75, 3.05) is 6.54 Å². The molecule has 3 rings (SSSR count). The minimum atomic E-state index is -0.0118. The van der Waals surface area contributed by atoms with Gasteiger partial charge in [-0.25, -0.2) is 0 Å². The summed E-state index contributed by atoms with van der Waals surface area (Å²) in [5.74, 6) is 1.39. The van der Waals surface area contributed by atoms with Gasteiger partial charge < -0.3 is 5.32 Å². The van der Waals surface area contributed by atoms with Gasteiger partial charge in [-0.05, 0) is 42.4 Å². The van der Waals surface area contributed by atoms with Crippen molar-refractivity contribution in [1.29, 1.82) is 0 Å². The smallest absolute Gasteiger partial charge is 0.240 e. The summed E-state index contributed by atoms with van der Waals surface area (Å²) in [6.07, 6.45) is 2.46. The van der Waals surface area contributed by atoms with Crippen molar-refractivity contribution >= 4 is 29.5 Å². The lowest BCUT2D eigenvalue weighted by Gasteiger charge is -2.06. The second kappa shape index (κ2) is 5.26. The Morgan fingerprint density at radius 1 is 1.63 bits per heavy atom. The summed E-state index contributed by atoms with van der Waals surface area (Å²) in [5.41, 5.74) is 0. The molecule has 0 atom stereocenters.